The molecule has 3 heteroatoms. The van der Waals surface area contributed by atoms with Crippen molar-refractivity contribution in [2.24, 2.45) is 5.92 Å². The van der Waals surface area contributed by atoms with Gasteiger partial charge in [-0.25, -0.2) is 0 Å². The quantitative estimate of drug-likeness (QED) is 0.681. The molecule has 0 aliphatic carbocycles. The van der Waals surface area contributed by atoms with Crippen molar-refractivity contribution in [1.29, 1.82) is 0 Å². The van der Waals surface area contributed by atoms with E-state index in [4.69, 9.17) is 0 Å². The first-order valence-corrected chi connectivity index (χ1v) is 5.16. The summed E-state index contributed by atoms with van der Waals surface area (Å²) in [5.74, 6) is 0.851. The maximum absolute atomic E-state index is 10.9. The van der Waals surface area contributed by atoms with Crippen LogP contribution in [0.2, 0.25) is 0 Å². The number of rotatable bonds is 4. The van der Waals surface area contributed by atoms with Crippen molar-refractivity contribution in [3.8, 4) is 0 Å². The highest BCUT2D eigenvalue weighted by molar-refractivity contribution is 5.78. The van der Waals surface area contributed by atoms with Gasteiger partial charge in [0.25, 0.3) is 0 Å². The van der Waals surface area contributed by atoms with Crippen molar-refractivity contribution in [2.45, 2.75) is 45.7 Å². The predicted molar refractivity (Wildman–Crippen MR) is 53.5 cm³/mol. The van der Waals surface area contributed by atoms with Crippen LogP contribution in [0.5, 0.6) is 0 Å². The standard InChI is InChI=1S/C10H20N2O/c1-4-7(2)8(3)12-9-5-10(13)11-6-9/h7-9,12H,4-6H2,1-3H3,(H,11,13). The molecule has 3 unspecified atom stereocenters. The molecule has 0 aromatic carbocycles. The summed E-state index contributed by atoms with van der Waals surface area (Å²) in [7, 11) is 0. The summed E-state index contributed by atoms with van der Waals surface area (Å²) in [4.78, 5) is 10.9. The Morgan fingerprint density at radius 2 is 2.31 bits per heavy atom. The molecule has 0 radical (unpaired) electrons. The number of carbonyl (C=O) groups is 1. The van der Waals surface area contributed by atoms with E-state index in [0.717, 1.165) is 6.54 Å². The summed E-state index contributed by atoms with van der Waals surface area (Å²) < 4.78 is 0. The molecule has 0 spiro atoms. The molecule has 0 aromatic heterocycles. The van der Waals surface area contributed by atoms with E-state index in [1.54, 1.807) is 0 Å². The van der Waals surface area contributed by atoms with Gasteiger partial charge in [0.1, 0.15) is 0 Å². The number of amides is 1. The second-order valence-corrected chi connectivity index (χ2v) is 4.05. The minimum atomic E-state index is 0.175. The van der Waals surface area contributed by atoms with Crippen LogP contribution >= 0.6 is 0 Å². The van der Waals surface area contributed by atoms with Crippen LogP contribution in [0.4, 0.5) is 0 Å². The number of carbonyl (C=O) groups excluding carboxylic acids is 1. The Balaban J connectivity index is 2.28. The Morgan fingerprint density at radius 3 is 2.77 bits per heavy atom. The summed E-state index contributed by atoms with van der Waals surface area (Å²) in [5, 5.41) is 6.31. The topological polar surface area (TPSA) is 41.1 Å². The lowest BCUT2D eigenvalue weighted by molar-refractivity contribution is -0.119. The molecule has 0 aromatic rings. The fourth-order valence-corrected chi connectivity index (χ4v) is 1.61. The Morgan fingerprint density at radius 1 is 1.62 bits per heavy atom. The third kappa shape index (κ3) is 2.99. The van der Waals surface area contributed by atoms with Gasteiger partial charge in [-0.1, -0.05) is 20.3 Å². The van der Waals surface area contributed by atoms with Gasteiger partial charge in [0, 0.05) is 25.0 Å². The zero-order valence-electron chi connectivity index (χ0n) is 8.76. The largest absolute Gasteiger partial charge is 0.354 e. The predicted octanol–water partition coefficient (Wildman–Crippen LogP) is 0.899. The highest BCUT2D eigenvalue weighted by Crippen LogP contribution is 2.09. The maximum atomic E-state index is 10.9. The lowest BCUT2D eigenvalue weighted by atomic mass is 10.00. The smallest absolute Gasteiger partial charge is 0.221 e. The molecule has 76 valence electrons. The summed E-state index contributed by atoms with van der Waals surface area (Å²) in [5.41, 5.74) is 0. The highest BCUT2D eigenvalue weighted by Gasteiger charge is 2.23. The molecule has 2 N–H and O–H groups in total. The monoisotopic (exact) mass is 184 g/mol. The molecule has 3 nitrogen and oxygen atoms in total. The molecule has 0 bridgehead atoms. The van der Waals surface area contributed by atoms with Gasteiger partial charge in [-0.3, -0.25) is 4.79 Å². The maximum Gasteiger partial charge on any atom is 0.221 e. The summed E-state index contributed by atoms with van der Waals surface area (Å²) in [6, 6.07) is 0.846. The zero-order valence-corrected chi connectivity index (χ0v) is 8.76. The van der Waals surface area contributed by atoms with Crippen LogP contribution in [0, 0.1) is 5.92 Å². The average Bonchev–Trinajstić information content (AvgIpc) is 2.49. The van der Waals surface area contributed by atoms with Crippen LogP contribution < -0.4 is 10.6 Å². The van der Waals surface area contributed by atoms with Gasteiger partial charge in [0.05, 0.1) is 0 Å². The lowest BCUT2D eigenvalue weighted by Crippen LogP contribution is -2.41. The van der Waals surface area contributed by atoms with Gasteiger partial charge in [-0.2, -0.15) is 0 Å². The van der Waals surface area contributed by atoms with Crippen LogP contribution in [0.25, 0.3) is 0 Å². The SMILES string of the molecule is CCC(C)C(C)NC1CNC(=O)C1. The van der Waals surface area contributed by atoms with E-state index in [1.807, 2.05) is 0 Å². The Kier molecular flexibility index (Phi) is 3.72. The summed E-state index contributed by atoms with van der Waals surface area (Å²) >= 11 is 0. The van der Waals surface area contributed by atoms with Gasteiger partial charge in [-0.15, -0.1) is 0 Å². The number of hydrogen-bond donors (Lipinski definition) is 2. The van der Waals surface area contributed by atoms with Crippen molar-refractivity contribution in [3.63, 3.8) is 0 Å². The van der Waals surface area contributed by atoms with Crippen LogP contribution in [-0.4, -0.2) is 24.5 Å². The number of nitrogens with one attached hydrogen (secondary N) is 2. The number of hydrogen-bond acceptors (Lipinski definition) is 2. The molecule has 1 saturated heterocycles. The zero-order chi connectivity index (χ0) is 9.84. The van der Waals surface area contributed by atoms with Gasteiger partial charge in [0.2, 0.25) is 5.91 Å². The minimum Gasteiger partial charge on any atom is -0.354 e. The van der Waals surface area contributed by atoms with Gasteiger partial charge >= 0.3 is 0 Å². The second-order valence-electron chi connectivity index (χ2n) is 4.05. The van der Waals surface area contributed by atoms with Crippen molar-refractivity contribution in [1.82, 2.24) is 10.6 Å². The van der Waals surface area contributed by atoms with Crippen molar-refractivity contribution in [2.75, 3.05) is 6.54 Å². The van der Waals surface area contributed by atoms with E-state index in [2.05, 4.69) is 31.4 Å². The summed E-state index contributed by atoms with van der Waals surface area (Å²) in [6.45, 7) is 7.42. The normalized spacial score (nSPS) is 27.0. The first-order chi connectivity index (χ1) is 6.13. The molecule has 1 amide bonds. The Hall–Kier alpha value is -0.570. The molecule has 3 atom stereocenters. The van der Waals surface area contributed by atoms with Crippen molar-refractivity contribution < 1.29 is 4.79 Å². The van der Waals surface area contributed by atoms with Gasteiger partial charge in [-0.05, 0) is 12.8 Å². The molecule has 1 fully saturated rings. The van der Waals surface area contributed by atoms with Crippen molar-refractivity contribution >= 4 is 5.91 Å². The van der Waals surface area contributed by atoms with E-state index in [-0.39, 0.29) is 5.91 Å². The average molecular weight is 184 g/mol. The van der Waals surface area contributed by atoms with Crippen LogP contribution in [0.1, 0.15) is 33.6 Å². The highest BCUT2D eigenvalue weighted by atomic mass is 16.1. The van der Waals surface area contributed by atoms with E-state index in [9.17, 15) is 4.79 Å². The van der Waals surface area contributed by atoms with Crippen LogP contribution in [-0.2, 0) is 4.79 Å². The molecule has 1 aliphatic rings. The fourth-order valence-electron chi connectivity index (χ4n) is 1.61. The molecule has 0 saturated carbocycles. The molecule has 13 heavy (non-hydrogen) atoms. The molecular formula is C10H20N2O. The lowest BCUT2D eigenvalue weighted by Gasteiger charge is -2.23. The van der Waals surface area contributed by atoms with E-state index in [0.29, 0.717) is 24.4 Å². The third-order valence-electron chi connectivity index (χ3n) is 2.97. The van der Waals surface area contributed by atoms with Crippen LogP contribution in [0.3, 0.4) is 0 Å². The Bertz CT molecular complexity index is 182. The van der Waals surface area contributed by atoms with Crippen LogP contribution in [0.15, 0.2) is 0 Å². The fraction of sp³-hybridized carbons (Fsp3) is 0.900. The van der Waals surface area contributed by atoms with Crippen molar-refractivity contribution in [3.05, 3.63) is 0 Å². The molecule has 1 aliphatic heterocycles. The summed E-state index contributed by atoms with van der Waals surface area (Å²) in [6.07, 6.45) is 1.82. The van der Waals surface area contributed by atoms with E-state index < -0.39 is 0 Å². The van der Waals surface area contributed by atoms with Gasteiger partial charge in [0.15, 0.2) is 0 Å². The molecule has 1 rings (SSSR count). The first-order valence-electron chi connectivity index (χ1n) is 5.16. The first kappa shape index (κ1) is 10.5. The molecule has 1 heterocycles. The van der Waals surface area contributed by atoms with E-state index >= 15 is 0 Å². The third-order valence-corrected chi connectivity index (χ3v) is 2.97. The molecular weight excluding hydrogens is 164 g/mol. The van der Waals surface area contributed by atoms with E-state index in [1.165, 1.54) is 6.42 Å². The Labute approximate surface area is 80.3 Å². The van der Waals surface area contributed by atoms with Gasteiger partial charge < -0.3 is 10.6 Å². The second kappa shape index (κ2) is 4.61. The minimum absolute atomic E-state index is 0.175.